The first-order valence-corrected chi connectivity index (χ1v) is 7.53. The Kier molecular flexibility index (Phi) is 3.96. The largest absolute Gasteiger partial charge is 0.381 e. The molecule has 0 amide bonds. The lowest BCUT2D eigenvalue weighted by Gasteiger charge is -2.09. The smallest absolute Gasteiger partial charge is 0.0700 e. The Morgan fingerprint density at radius 3 is 2.27 bits per heavy atom. The zero-order valence-electron chi connectivity index (χ0n) is 13.3. The van der Waals surface area contributed by atoms with Crippen molar-refractivity contribution in [3.05, 3.63) is 70.9 Å². The van der Waals surface area contributed by atoms with Crippen LogP contribution in [0, 0.1) is 20.8 Å². The van der Waals surface area contributed by atoms with Crippen LogP contribution in [0.25, 0.3) is 11.3 Å². The number of benzene rings is 2. The van der Waals surface area contributed by atoms with E-state index in [1.807, 2.05) is 6.20 Å². The van der Waals surface area contributed by atoms with Crippen LogP contribution in [0.4, 0.5) is 5.69 Å². The van der Waals surface area contributed by atoms with Gasteiger partial charge in [0.25, 0.3) is 0 Å². The molecule has 22 heavy (non-hydrogen) atoms. The number of H-pyrrole nitrogens is 1. The summed E-state index contributed by atoms with van der Waals surface area (Å²) in [6.45, 7) is 7.09. The van der Waals surface area contributed by atoms with Crippen molar-refractivity contribution in [2.45, 2.75) is 27.3 Å². The number of aromatic amines is 1. The normalized spacial score (nSPS) is 10.7. The molecular formula is C19H21N3. The summed E-state index contributed by atoms with van der Waals surface area (Å²) in [6, 6.07) is 15.0. The molecule has 0 aliphatic carbocycles. The molecule has 3 heteroatoms. The van der Waals surface area contributed by atoms with E-state index in [1.54, 1.807) is 0 Å². The van der Waals surface area contributed by atoms with E-state index in [1.165, 1.54) is 27.8 Å². The SMILES string of the molecule is Cc1ccc(-c2[nH]ncc2CNc2cc(C)cc(C)c2)cc1. The van der Waals surface area contributed by atoms with Crippen molar-refractivity contribution in [2.24, 2.45) is 0 Å². The molecule has 0 aliphatic rings. The van der Waals surface area contributed by atoms with Crippen LogP contribution in [0.1, 0.15) is 22.3 Å². The first-order chi connectivity index (χ1) is 10.6. The molecule has 2 aromatic carbocycles. The highest BCUT2D eigenvalue weighted by atomic mass is 15.1. The Hall–Kier alpha value is -2.55. The van der Waals surface area contributed by atoms with Crippen LogP contribution in [-0.4, -0.2) is 10.2 Å². The van der Waals surface area contributed by atoms with E-state index in [4.69, 9.17) is 0 Å². The molecule has 3 aromatic rings. The van der Waals surface area contributed by atoms with Gasteiger partial charge in [-0.1, -0.05) is 35.9 Å². The third kappa shape index (κ3) is 3.19. The van der Waals surface area contributed by atoms with Crippen LogP contribution in [0.15, 0.2) is 48.7 Å². The van der Waals surface area contributed by atoms with Crippen LogP contribution in [0.2, 0.25) is 0 Å². The third-order valence-electron chi connectivity index (χ3n) is 3.76. The van der Waals surface area contributed by atoms with Gasteiger partial charge in [0, 0.05) is 17.8 Å². The Morgan fingerprint density at radius 1 is 0.909 bits per heavy atom. The molecule has 0 unspecified atom stereocenters. The Bertz CT molecular complexity index is 749. The minimum Gasteiger partial charge on any atom is -0.381 e. The monoisotopic (exact) mass is 291 g/mol. The van der Waals surface area contributed by atoms with Gasteiger partial charge in [0.15, 0.2) is 0 Å². The maximum Gasteiger partial charge on any atom is 0.0700 e. The number of aryl methyl sites for hydroxylation is 3. The number of hydrogen-bond donors (Lipinski definition) is 2. The van der Waals surface area contributed by atoms with Crippen molar-refractivity contribution in [1.29, 1.82) is 0 Å². The Labute approximate surface area is 131 Å². The zero-order valence-corrected chi connectivity index (χ0v) is 13.3. The lowest BCUT2D eigenvalue weighted by molar-refractivity contribution is 1.09. The highest BCUT2D eigenvalue weighted by Gasteiger charge is 2.07. The van der Waals surface area contributed by atoms with E-state index >= 15 is 0 Å². The van der Waals surface area contributed by atoms with E-state index < -0.39 is 0 Å². The van der Waals surface area contributed by atoms with Crippen LogP contribution in [-0.2, 0) is 6.54 Å². The number of hydrogen-bond acceptors (Lipinski definition) is 2. The second kappa shape index (κ2) is 6.06. The Balaban J connectivity index is 1.79. The fourth-order valence-electron chi connectivity index (χ4n) is 2.69. The molecule has 0 spiro atoms. The van der Waals surface area contributed by atoms with Gasteiger partial charge in [0.1, 0.15) is 0 Å². The summed E-state index contributed by atoms with van der Waals surface area (Å²) < 4.78 is 0. The molecule has 112 valence electrons. The van der Waals surface area contributed by atoms with E-state index in [0.29, 0.717) is 0 Å². The summed E-state index contributed by atoms with van der Waals surface area (Å²) in [5.41, 5.74) is 8.37. The van der Waals surface area contributed by atoms with Crippen molar-refractivity contribution in [3.63, 3.8) is 0 Å². The average molecular weight is 291 g/mol. The third-order valence-corrected chi connectivity index (χ3v) is 3.76. The summed E-state index contributed by atoms with van der Waals surface area (Å²) in [6.07, 6.45) is 1.89. The first kappa shape index (κ1) is 14.4. The van der Waals surface area contributed by atoms with Gasteiger partial charge in [-0.2, -0.15) is 5.10 Å². The average Bonchev–Trinajstić information content (AvgIpc) is 2.93. The van der Waals surface area contributed by atoms with Crippen LogP contribution in [0.3, 0.4) is 0 Å². The first-order valence-electron chi connectivity index (χ1n) is 7.53. The van der Waals surface area contributed by atoms with Gasteiger partial charge in [-0.25, -0.2) is 0 Å². The van der Waals surface area contributed by atoms with Crippen molar-refractivity contribution in [3.8, 4) is 11.3 Å². The molecule has 0 atom stereocenters. The summed E-state index contributed by atoms with van der Waals surface area (Å²) in [4.78, 5) is 0. The van der Waals surface area contributed by atoms with E-state index in [0.717, 1.165) is 17.9 Å². The zero-order chi connectivity index (χ0) is 15.5. The van der Waals surface area contributed by atoms with Crippen LogP contribution in [0.5, 0.6) is 0 Å². The van der Waals surface area contributed by atoms with Gasteiger partial charge < -0.3 is 5.32 Å². The maximum atomic E-state index is 4.20. The molecule has 1 heterocycles. The predicted molar refractivity (Wildman–Crippen MR) is 92.0 cm³/mol. The lowest BCUT2D eigenvalue weighted by atomic mass is 10.1. The van der Waals surface area contributed by atoms with Gasteiger partial charge in [-0.15, -0.1) is 0 Å². The molecule has 0 bridgehead atoms. The molecule has 0 radical (unpaired) electrons. The molecule has 0 aliphatic heterocycles. The molecular weight excluding hydrogens is 270 g/mol. The molecule has 2 N–H and O–H groups in total. The molecule has 0 saturated heterocycles. The minimum absolute atomic E-state index is 0.753. The van der Waals surface area contributed by atoms with Gasteiger partial charge in [0.2, 0.25) is 0 Å². The summed E-state index contributed by atoms with van der Waals surface area (Å²) >= 11 is 0. The Morgan fingerprint density at radius 2 is 1.59 bits per heavy atom. The van der Waals surface area contributed by atoms with Gasteiger partial charge in [-0.3, -0.25) is 5.10 Å². The maximum absolute atomic E-state index is 4.20. The van der Waals surface area contributed by atoms with Gasteiger partial charge >= 0.3 is 0 Å². The molecule has 0 fully saturated rings. The van der Waals surface area contributed by atoms with Crippen molar-refractivity contribution < 1.29 is 0 Å². The van der Waals surface area contributed by atoms with E-state index in [-0.39, 0.29) is 0 Å². The minimum atomic E-state index is 0.753. The number of nitrogens with one attached hydrogen (secondary N) is 2. The number of aromatic nitrogens is 2. The summed E-state index contributed by atoms with van der Waals surface area (Å²) in [5.74, 6) is 0. The standard InChI is InChI=1S/C19H21N3/c1-13-4-6-16(7-5-13)19-17(12-21-22-19)11-20-18-9-14(2)8-15(3)10-18/h4-10,12,20H,11H2,1-3H3,(H,21,22). The quantitative estimate of drug-likeness (QED) is 0.736. The number of anilines is 1. The second-order valence-electron chi connectivity index (χ2n) is 5.87. The van der Waals surface area contributed by atoms with Crippen molar-refractivity contribution >= 4 is 5.69 Å². The summed E-state index contributed by atoms with van der Waals surface area (Å²) in [7, 11) is 0. The molecule has 0 saturated carbocycles. The number of rotatable bonds is 4. The van der Waals surface area contributed by atoms with Crippen molar-refractivity contribution in [1.82, 2.24) is 10.2 Å². The number of nitrogens with zero attached hydrogens (tertiary/aromatic N) is 1. The second-order valence-corrected chi connectivity index (χ2v) is 5.87. The highest BCUT2D eigenvalue weighted by Crippen LogP contribution is 2.23. The lowest BCUT2D eigenvalue weighted by Crippen LogP contribution is -2.00. The molecule has 3 rings (SSSR count). The molecule has 3 nitrogen and oxygen atoms in total. The van der Waals surface area contributed by atoms with Gasteiger partial charge in [0.05, 0.1) is 11.9 Å². The topological polar surface area (TPSA) is 40.7 Å². The molecule has 1 aromatic heterocycles. The predicted octanol–water partition coefficient (Wildman–Crippen LogP) is 4.61. The van der Waals surface area contributed by atoms with Crippen LogP contribution >= 0.6 is 0 Å². The summed E-state index contributed by atoms with van der Waals surface area (Å²) in [5, 5.41) is 10.8. The fraction of sp³-hybridized carbons (Fsp3) is 0.211. The van der Waals surface area contributed by atoms with E-state index in [9.17, 15) is 0 Å². The van der Waals surface area contributed by atoms with Crippen molar-refractivity contribution in [2.75, 3.05) is 5.32 Å². The van der Waals surface area contributed by atoms with Crippen LogP contribution < -0.4 is 5.32 Å². The fourth-order valence-corrected chi connectivity index (χ4v) is 2.69. The van der Waals surface area contributed by atoms with E-state index in [2.05, 4.69) is 78.7 Å². The van der Waals surface area contributed by atoms with Gasteiger partial charge in [-0.05, 0) is 49.6 Å². The highest BCUT2D eigenvalue weighted by molar-refractivity contribution is 5.63.